The van der Waals surface area contributed by atoms with E-state index in [1.54, 1.807) is 12.1 Å². The molecule has 2 aliphatic heterocycles. The molecule has 142 valence electrons. The molecule has 5 nitrogen and oxygen atoms in total. The van der Waals surface area contributed by atoms with Gasteiger partial charge >= 0.3 is 6.61 Å². The summed E-state index contributed by atoms with van der Waals surface area (Å²) in [5.41, 5.74) is 3.94. The molecule has 0 radical (unpaired) electrons. The molecule has 3 heterocycles. The van der Waals surface area contributed by atoms with E-state index in [4.69, 9.17) is 4.98 Å². The summed E-state index contributed by atoms with van der Waals surface area (Å²) in [5.74, 6) is 0.998. The fourth-order valence-corrected chi connectivity index (χ4v) is 3.61. The van der Waals surface area contributed by atoms with E-state index in [2.05, 4.69) is 19.6 Å². The van der Waals surface area contributed by atoms with Crippen molar-refractivity contribution >= 4 is 5.71 Å². The number of aromatic nitrogens is 2. The average Bonchev–Trinajstić information content (AvgIpc) is 2.69. The summed E-state index contributed by atoms with van der Waals surface area (Å²) in [6, 6.07) is 6.95. The Labute approximate surface area is 157 Å². The van der Waals surface area contributed by atoms with Gasteiger partial charge in [-0.3, -0.25) is 9.89 Å². The molecule has 4 rings (SSSR count). The van der Waals surface area contributed by atoms with Crippen molar-refractivity contribution in [3.63, 3.8) is 0 Å². The molecule has 0 fully saturated rings. The van der Waals surface area contributed by atoms with Gasteiger partial charge in [0.05, 0.1) is 11.4 Å². The third-order valence-corrected chi connectivity index (χ3v) is 4.98. The molecule has 0 aliphatic carbocycles. The third-order valence-electron chi connectivity index (χ3n) is 4.98. The van der Waals surface area contributed by atoms with Gasteiger partial charge in [0, 0.05) is 49.9 Å². The second kappa shape index (κ2) is 8.08. The summed E-state index contributed by atoms with van der Waals surface area (Å²) in [6.07, 6.45) is 5.94. The van der Waals surface area contributed by atoms with Gasteiger partial charge < -0.3 is 4.74 Å². The summed E-state index contributed by atoms with van der Waals surface area (Å²) in [7, 11) is 0. The molecule has 0 spiro atoms. The number of para-hydroxylation sites is 1. The van der Waals surface area contributed by atoms with E-state index in [9.17, 15) is 8.78 Å². The quantitative estimate of drug-likeness (QED) is 0.805. The highest BCUT2D eigenvalue weighted by Gasteiger charge is 2.21. The van der Waals surface area contributed by atoms with Gasteiger partial charge in [0.15, 0.2) is 5.82 Å². The van der Waals surface area contributed by atoms with Crippen molar-refractivity contribution in [3.8, 4) is 5.75 Å². The lowest BCUT2D eigenvalue weighted by Crippen LogP contribution is -2.31. The number of aliphatic imine (C=N–C) groups is 1. The van der Waals surface area contributed by atoms with E-state index >= 15 is 0 Å². The van der Waals surface area contributed by atoms with E-state index < -0.39 is 6.61 Å². The Hall–Kier alpha value is -2.41. The standard InChI is InChI=1S/C20H22F2N4O/c21-20(22)27-18-7-2-1-5-14(18)12-26-10-8-16-15(13-26)11-24-19(25-16)17-6-3-4-9-23-17/h1-2,5,7,11,20H,3-4,6,8-10,12-13H2. The van der Waals surface area contributed by atoms with Crippen molar-refractivity contribution in [1.82, 2.24) is 14.9 Å². The summed E-state index contributed by atoms with van der Waals surface area (Å²) < 4.78 is 29.9. The number of hydrogen-bond acceptors (Lipinski definition) is 5. The minimum absolute atomic E-state index is 0.236. The van der Waals surface area contributed by atoms with Gasteiger partial charge in [-0.1, -0.05) is 18.2 Å². The number of halogens is 2. The van der Waals surface area contributed by atoms with E-state index in [0.29, 0.717) is 13.1 Å². The summed E-state index contributed by atoms with van der Waals surface area (Å²) in [6.45, 7) is 0.118. The zero-order valence-electron chi connectivity index (χ0n) is 15.1. The molecule has 0 atom stereocenters. The van der Waals surface area contributed by atoms with E-state index in [1.807, 2.05) is 18.3 Å². The highest BCUT2D eigenvalue weighted by Crippen LogP contribution is 2.25. The first kappa shape index (κ1) is 18.0. The summed E-state index contributed by atoms with van der Waals surface area (Å²) in [4.78, 5) is 16.0. The molecular weight excluding hydrogens is 350 g/mol. The fraction of sp³-hybridized carbons (Fsp3) is 0.450. The predicted octanol–water partition coefficient (Wildman–Crippen LogP) is 3.61. The lowest BCUT2D eigenvalue weighted by atomic mass is 10.0. The van der Waals surface area contributed by atoms with Gasteiger partial charge in [-0.05, 0) is 25.3 Å². The van der Waals surface area contributed by atoms with Crippen LogP contribution in [0.3, 0.4) is 0 Å². The SMILES string of the molecule is FC(F)Oc1ccccc1CN1CCc2nc(C3=NCCCC3)ncc2C1. The summed E-state index contributed by atoms with van der Waals surface area (Å²) in [5, 5.41) is 0. The van der Waals surface area contributed by atoms with Gasteiger partial charge in [0.25, 0.3) is 0 Å². The number of hydrogen-bond donors (Lipinski definition) is 0. The number of benzene rings is 1. The van der Waals surface area contributed by atoms with Gasteiger partial charge in [-0.15, -0.1) is 0 Å². The van der Waals surface area contributed by atoms with Gasteiger partial charge in [-0.2, -0.15) is 8.78 Å². The van der Waals surface area contributed by atoms with Gasteiger partial charge in [-0.25, -0.2) is 9.97 Å². The molecule has 0 amide bonds. The zero-order chi connectivity index (χ0) is 18.6. The van der Waals surface area contributed by atoms with Crippen molar-refractivity contribution < 1.29 is 13.5 Å². The van der Waals surface area contributed by atoms with Crippen LogP contribution in [0.4, 0.5) is 8.78 Å². The van der Waals surface area contributed by atoms with Crippen molar-refractivity contribution in [3.05, 3.63) is 53.1 Å². The van der Waals surface area contributed by atoms with Crippen LogP contribution in [-0.2, 0) is 19.5 Å². The Morgan fingerprint density at radius 3 is 2.85 bits per heavy atom. The number of fused-ring (bicyclic) bond motifs is 1. The maximum atomic E-state index is 12.6. The monoisotopic (exact) mass is 372 g/mol. The number of rotatable bonds is 5. The lowest BCUT2D eigenvalue weighted by Gasteiger charge is -2.28. The first-order chi connectivity index (χ1) is 13.2. The van der Waals surface area contributed by atoms with Crippen molar-refractivity contribution in [2.45, 2.75) is 45.4 Å². The van der Waals surface area contributed by atoms with Crippen LogP contribution in [0.5, 0.6) is 5.75 Å². The van der Waals surface area contributed by atoms with Crippen LogP contribution < -0.4 is 4.74 Å². The lowest BCUT2D eigenvalue weighted by molar-refractivity contribution is -0.0508. The zero-order valence-corrected chi connectivity index (χ0v) is 15.1. The van der Waals surface area contributed by atoms with Crippen LogP contribution in [0.15, 0.2) is 35.5 Å². The molecule has 0 saturated carbocycles. The molecule has 2 aromatic rings. The first-order valence-corrected chi connectivity index (χ1v) is 9.32. The number of alkyl halides is 2. The fourth-order valence-electron chi connectivity index (χ4n) is 3.61. The summed E-state index contributed by atoms with van der Waals surface area (Å²) >= 11 is 0. The highest BCUT2D eigenvalue weighted by atomic mass is 19.3. The van der Waals surface area contributed by atoms with Crippen LogP contribution in [0.1, 0.15) is 41.9 Å². The van der Waals surface area contributed by atoms with Crippen LogP contribution in [-0.4, -0.2) is 40.3 Å². The highest BCUT2D eigenvalue weighted by molar-refractivity contribution is 5.97. The Morgan fingerprint density at radius 2 is 2.04 bits per heavy atom. The molecule has 0 saturated heterocycles. The number of ether oxygens (including phenoxy) is 1. The van der Waals surface area contributed by atoms with Crippen LogP contribution >= 0.6 is 0 Å². The largest absolute Gasteiger partial charge is 0.434 e. The molecule has 27 heavy (non-hydrogen) atoms. The second-order valence-electron chi connectivity index (χ2n) is 6.90. The van der Waals surface area contributed by atoms with E-state index in [-0.39, 0.29) is 5.75 Å². The molecular formula is C20H22F2N4O. The Bertz CT molecular complexity index is 840. The Kier molecular flexibility index (Phi) is 5.38. The molecule has 2 aliphatic rings. The van der Waals surface area contributed by atoms with Crippen LogP contribution in [0.25, 0.3) is 0 Å². The maximum absolute atomic E-state index is 12.6. The van der Waals surface area contributed by atoms with Crippen LogP contribution in [0, 0.1) is 0 Å². The van der Waals surface area contributed by atoms with E-state index in [0.717, 1.165) is 67.1 Å². The van der Waals surface area contributed by atoms with Gasteiger partial charge in [0.1, 0.15) is 5.75 Å². The van der Waals surface area contributed by atoms with Crippen molar-refractivity contribution in [2.24, 2.45) is 4.99 Å². The first-order valence-electron chi connectivity index (χ1n) is 9.32. The smallest absolute Gasteiger partial charge is 0.387 e. The maximum Gasteiger partial charge on any atom is 0.387 e. The molecule has 1 aromatic carbocycles. The molecule has 0 N–H and O–H groups in total. The van der Waals surface area contributed by atoms with E-state index in [1.165, 1.54) is 0 Å². The predicted molar refractivity (Wildman–Crippen MR) is 98.2 cm³/mol. The van der Waals surface area contributed by atoms with Crippen LogP contribution in [0.2, 0.25) is 0 Å². The Balaban J connectivity index is 1.47. The normalized spacial score (nSPS) is 17.5. The minimum Gasteiger partial charge on any atom is -0.434 e. The van der Waals surface area contributed by atoms with Crippen molar-refractivity contribution in [1.29, 1.82) is 0 Å². The second-order valence-corrected chi connectivity index (χ2v) is 6.90. The molecule has 7 heteroatoms. The molecule has 0 unspecified atom stereocenters. The minimum atomic E-state index is -2.82. The Morgan fingerprint density at radius 1 is 1.15 bits per heavy atom. The molecule has 0 bridgehead atoms. The van der Waals surface area contributed by atoms with Crippen molar-refractivity contribution in [2.75, 3.05) is 13.1 Å². The van der Waals surface area contributed by atoms with Gasteiger partial charge in [0.2, 0.25) is 0 Å². The average molecular weight is 372 g/mol. The topological polar surface area (TPSA) is 50.6 Å². The third kappa shape index (κ3) is 4.30. The molecule has 1 aromatic heterocycles. The number of nitrogens with zero attached hydrogens (tertiary/aromatic N) is 4.